The van der Waals surface area contributed by atoms with Crippen molar-refractivity contribution in [3.05, 3.63) is 12.2 Å². The Bertz CT molecular complexity index is 220. The molecule has 1 aliphatic rings. The summed E-state index contributed by atoms with van der Waals surface area (Å²) >= 11 is 0. The maximum absolute atomic E-state index is 10.6. The van der Waals surface area contributed by atoms with Gasteiger partial charge >= 0.3 is 5.97 Å². The van der Waals surface area contributed by atoms with E-state index in [1.165, 1.54) is 0 Å². The quantitative estimate of drug-likeness (QED) is 0.658. The molecule has 14 heavy (non-hydrogen) atoms. The van der Waals surface area contributed by atoms with Crippen LogP contribution < -0.4 is 0 Å². The van der Waals surface area contributed by atoms with E-state index >= 15 is 0 Å². The van der Waals surface area contributed by atoms with Gasteiger partial charge in [0, 0.05) is 38.3 Å². The number of carboxylic acid groups (broad SMARTS) is 1. The van der Waals surface area contributed by atoms with Crippen LogP contribution >= 0.6 is 0 Å². The van der Waals surface area contributed by atoms with E-state index in [1.54, 1.807) is 0 Å². The maximum Gasteiger partial charge on any atom is 0.332 e. The molecule has 0 bridgehead atoms. The van der Waals surface area contributed by atoms with Gasteiger partial charge in [-0.25, -0.2) is 4.79 Å². The first-order chi connectivity index (χ1) is 6.63. The minimum atomic E-state index is -0.886. The highest BCUT2D eigenvalue weighted by atomic mass is 16.4. The number of aliphatic carboxylic acids is 1. The van der Waals surface area contributed by atoms with E-state index in [0.29, 0.717) is 6.54 Å². The fourth-order valence-corrected chi connectivity index (χ4v) is 1.60. The molecule has 0 atom stereocenters. The van der Waals surface area contributed by atoms with Crippen LogP contribution in [0.2, 0.25) is 0 Å². The summed E-state index contributed by atoms with van der Waals surface area (Å²) in [4.78, 5) is 15.1. The van der Waals surface area contributed by atoms with E-state index in [1.807, 2.05) is 0 Å². The van der Waals surface area contributed by atoms with Crippen molar-refractivity contribution in [3.8, 4) is 0 Å². The lowest BCUT2D eigenvalue weighted by molar-refractivity contribution is -0.132. The van der Waals surface area contributed by atoms with Gasteiger partial charge in [0.1, 0.15) is 0 Å². The molecule has 4 nitrogen and oxygen atoms in total. The molecule has 0 unspecified atom stereocenters. The lowest BCUT2D eigenvalue weighted by Crippen LogP contribution is -2.46. The standard InChI is InChI=1S/C10H18N2O2/c1-3-11-4-6-12(7-5-11)8-9(2)10(13)14/h2-8H2,1H3,(H,13,14). The van der Waals surface area contributed by atoms with Gasteiger partial charge in [0.2, 0.25) is 0 Å². The third-order valence-corrected chi connectivity index (χ3v) is 2.63. The third kappa shape index (κ3) is 3.12. The Labute approximate surface area is 84.8 Å². The van der Waals surface area contributed by atoms with Gasteiger partial charge in [-0.15, -0.1) is 0 Å². The molecule has 0 aromatic heterocycles. The van der Waals surface area contributed by atoms with Crippen LogP contribution in [0, 0.1) is 0 Å². The number of carboxylic acids is 1. The number of piperazine rings is 1. The molecule has 1 heterocycles. The number of rotatable bonds is 4. The van der Waals surface area contributed by atoms with E-state index in [-0.39, 0.29) is 5.57 Å². The fourth-order valence-electron chi connectivity index (χ4n) is 1.60. The normalized spacial score (nSPS) is 19.5. The van der Waals surface area contributed by atoms with Gasteiger partial charge in [-0.2, -0.15) is 0 Å². The number of hydrogen-bond donors (Lipinski definition) is 1. The summed E-state index contributed by atoms with van der Waals surface area (Å²) in [6, 6.07) is 0. The van der Waals surface area contributed by atoms with E-state index in [0.717, 1.165) is 32.7 Å². The fraction of sp³-hybridized carbons (Fsp3) is 0.700. The van der Waals surface area contributed by atoms with Gasteiger partial charge in [0.05, 0.1) is 0 Å². The van der Waals surface area contributed by atoms with E-state index in [9.17, 15) is 4.79 Å². The molecule has 0 radical (unpaired) electrons. The molecule has 1 N–H and O–H groups in total. The van der Waals surface area contributed by atoms with Crippen molar-refractivity contribution >= 4 is 5.97 Å². The van der Waals surface area contributed by atoms with Gasteiger partial charge in [-0.05, 0) is 6.54 Å². The number of nitrogens with zero attached hydrogens (tertiary/aromatic N) is 2. The largest absolute Gasteiger partial charge is 0.478 e. The predicted molar refractivity (Wildman–Crippen MR) is 55.3 cm³/mol. The first-order valence-corrected chi connectivity index (χ1v) is 4.99. The highest BCUT2D eigenvalue weighted by Crippen LogP contribution is 2.03. The van der Waals surface area contributed by atoms with Crippen molar-refractivity contribution < 1.29 is 9.90 Å². The summed E-state index contributed by atoms with van der Waals surface area (Å²) < 4.78 is 0. The SMILES string of the molecule is C=C(CN1CCN(CC)CC1)C(=O)O. The molecule has 0 aromatic carbocycles. The first-order valence-electron chi connectivity index (χ1n) is 4.99. The van der Waals surface area contributed by atoms with E-state index < -0.39 is 5.97 Å². The zero-order chi connectivity index (χ0) is 10.6. The van der Waals surface area contributed by atoms with Crippen LogP contribution in [0.25, 0.3) is 0 Å². The molecule has 80 valence electrons. The summed E-state index contributed by atoms with van der Waals surface area (Å²) in [6.07, 6.45) is 0. The van der Waals surface area contributed by atoms with Crippen LogP contribution in [-0.2, 0) is 4.79 Å². The van der Waals surface area contributed by atoms with Gasteiger partial charge in [0.15, 0.2) is 0 Å². The number of carbonyl (C=O) groups is 1. The van der Waals surface area contributed by atoms with Crippen molar-refractivity contribution in [3.63, 3.8) is 0 Å². The van der Waals surface area contributed by atoms with Crippen molar-refractivity contribution in [1.29, 1.82) is 0 Å². The molecule has 1 rings (SSSR count). The Morgan fingerprint density at radius 2 is 1.79 bits per heavy atom. The van der Waals surface area contributed by atoms with E-state index in [2.05, 4.69) is 23.3 Å². The molecule has 0 amide bonds. The van der Waals surface area contributed by atoms with Crippen molar-refractivity contribution in [2.24, 2.45) is 0 Å². The Morgan fingerprint density at radius 3 is 2.21 bits per heavy atom. The van der Waals surface area contributed by atoms with Gasteiger partial charge < -0.3 is 10.0 Å². The molecule has 0 aliphatic carbocycles. The maximum atomic E-state index is 10.6. The topological polar surface area (TPSA) is 43.8 Å². The van der Waals surface area contributed by atoms with Crippen LogP contribution in [-0.4, -0.2) is 60.1 Å². The van der Waals surface area contributed by atoms with Crippen LogP contribution in [0.1, 0.15) is 6.92 Å². The van der Waals surface area contributed by atoms with Gasteiger partial charge in [-0.1, -0.05) is 13.5 Å². The van der Waals surface area contributed by atoms with Crippen LogP contribution in [0.5, 0.6) is 0 Å². The molecule has 0 saturated carbocycles. The predicted octanol–water partition coefficient (Wildman–Crippen LogP) is 0.265. The molecule has 1 saturated heterocycles. The van der Waals surface area contributed by atoms with Gasteiger partial charge in [0.25, 0.3) is 0 Å². The molecule has 0 aromatic rings. The van der Waals surface area contributed by atoms with Crippen LogP contribution in [0.4, 0.5) is 0 Å². The Kier molecular flexibility index (Phi) is 4.10. The number of hydrogen-bond acceptors (Lipinski definition) is 3. The highest BCUT2D eigenvalue weighted by Gasteiger charge is 2.17. The van der Waals surface area contributed by atoms with Gasteiger partial charge in [-0.3, -0.25) is 4.90 Å². The summed E-state index contributed by atoms with van der Waals surface area (Å²) in [5.74, 6) is -0.886. The zero-order valence-corrected chi connectivity index (χ0v) is 8.70. The minimum Gasteiger partial charge on any atom is -0.478 e. The average molecular weight is 198 g/mol. The Balaban J connectivity index is 2.29. The summed E-state index contributed by atoms with van der Waals surface area (Å²) in [5, 5.41) is 8.67. The Morgan fingerprint density at radius 1 is 1.29 bits per heavy atom. The van der Waals surface area contributed by atoms with Crippen molar-refractivity contribution in [1.82, 2.24) is 9.80 Å². The molecule has 0 spiro atoms. The number of likely N-dealkylation sites (N-methyl/N-ethyl adjacent to an activating group) is 1. The highest BCUT2D eigenvalue weighted by molar-refractivity contribution is 5.86. The average Bonchev–Trinajstić information content (AvgIpc) is 2.19. The second kappa shape index (κ2) is 5.12. The van der Waals surface area contributed by atoms with E-state index in [4.69, 9.17) is 5.11 Å². The zero-order valence-electron chi connectivity index (χ0n) is 8.70. The monoisotopic (exact) mass is 198 g/mol. The van der Waals surface area contributed by atoms with Crippen molar-refractivity contribution in [2.75, 3.05) is 39.3 Å². The molecule has 4 heteroatoms. The second-order valence-corrected chi connectivity index (χ2v) is 3.62. The Hall–Kier alpha value is -0.870. The molecular weight excluding hydrogens is 180 g/mol. The molecule has 1 aliphatic heterocycles. The summed E-state index contributed by atoms with van der Waals surface area (Å²) in [6.45, 7) is 11.2. The summed E-state index contributed by atoms with van der Waals surface area (Å²) in [7, 11) is 0. The first kappa shape index (κ1) is 11.2. The smallest absolute Gasteiger partial charge is 0.332 e. The molecular formula is C10H18N2O2. The minimum absolute atomic E-state index is 0.287. The third-order valence-electron chi connectivity index (χ3n) is 2.63. The lowest BCUT2D eigenvalue weighted by atomic mass is 10.2. The summed E-state index contributed by atoms with van der Waals surface area (Å²) in [5.41, 5.74) is 0.287. The lowest BCUT2D eigenvalue weighted by Gasteiger charge is -2.33. The van der Waals surface area contributed by atoms with Crippen molar-refractivity contribution in [2.45, 2.75) is 6.92 Å². The molecule has 1 fully saturated rings. The second-order valence-electron chi connectivity index (χ2n) is 3.62. The van der Waals surface area contributed by atoms with Crippen LogP contribution in [0.15, 0.2) is 12.2 Å². The van der Waals surface area contributed by atoms with Crippen LogP contribution in [0.3, 0.4) is 0 Å².